The Kier molecular flexibility index (Phi) is 4.24. The number of anilines is 2. The Labute approximate surface area is 144 Å². The van der Waals surface area contributed by atoms with Gasteiger partial charge in [0.05, 0.1) is 17.6 Å². The van der Waals surface area contributed by atoms with Gasteiger partial charge in [0, 0.05) is 17.7 Å². The van der Waals surface area contributed by atoms with Gasteiger partial charge in [0.25, 0.3) is 5.91 Å². The van der Waals surface area contributed by atoms with E-state index in [9.17, 15) is 22.0 Å². The van der Waals surface area contributed by atoms with Crippen molar-refractivity contribution in [2.45, 2.75) is 19.4 Å². The van der Waals surface area contributed by atoms with Crippen molar-refractivity contribution in [2.24, 2.45) is 0 Å². The van der Waals surface area contributed by atoms with Crippen LogP contribution in [0.3, 0.4) is 0 Å². The summed E-state index contributed by atoms with van der Waals surface area (Å²) in [4.78, 5) is 12.3. The van der Waals surface area contributed by atoms with Crippen LogP contribution in [-0.4, -0.2) is 26.6 Å². The summed E-state index contributed by atoms with van der Waals surface area (Å²) >= 11 is 0. The molecular weight excluding hydrogens is 350 g/mol. The fourth-order valence-corrected chi connectivity index (χ4v) is 4.30. The van der Waals surface area contributed by atoms with Crippen LogP contribution >= 0.6 is 0 Å². The topological polar surface area (TPSA) is 66.5 Å². The summed E-state index contributed by atoms with van der Waals surface area (Å²) in [5.41, 5.74) is 1.41. The van der Waals surface area contributed by atoms with E-state index >= 15 is 0 Å². The average molecular weight is 366 g/mol. The van der Waals surface area contributed by atoms with E-state index in [2.05, 4.69) is 5.32 Å². The summed E-state index contributed by atoms with van der Waals surface area (Å²) < 4.78 is 51.7. The van der Waals surface area contributed by atoms with E-state index in [1.165, 1.54) is 10.4 Å². The number of fused-ring (bicyclic) bond motifs is 1. The van der Waals surface area contributed by atoms with Crippen molar-refractivity contribution in [3.8, 4) is 0 Å². The molecule has 1 N–H and O–H groups in total. The molecule has 1 atom stereocenters. The average Bonchev–Trinajstić information content (AvgIpc) is 2.84. The maximum absolute atomic E-state index is 13.7. The predicted octanol–water partition coefficient (Wildman–Crippen LogP) is 2.93. The van der Waals surface area contributed by atoms with Crippen molar-refractivity contribution in [1.29, 1.82) is 0 Å². The fraction of sp³-hybridized carbons (Fsp3) is 0.235. The quantitative estimate of drug-likeness (QED) is 0.908. The van der Waals surface area contributed by atoms with Gasteiger partial charge in [-0.15, -0.1) is 0 Å². The summed E-state index contributed by atoms with van der Waals surface area (Å²) in [6.07, 6.45) is 1.62. The lowest BCUT2D eigenvalue weighted by molar-refractivity contribution is 0.102. The summed E-state index contributed by atoms with van der Waals surface area (Å²) in [7, 11) is -3.41. The second kappa shape index (κ2) is 6.11. The zero-order valence-electron chi connectivity index (χ0n) is 13.6. The molecule has 0 bridgehead atoms. The summed E-state index contributed by atoms with van der Waals surface area (Å²) in [6.45, 7) is 1.79. The van der Waals surface area contributed by atoms with Gasteiger partial charge in [-0.05, 0) is 49.2 Å². The molecule has 2 aromatic carbocycles. The molecule has 1 aliphatic rings. The molecule has 1 aliphatic heterocycles. The number of benzene rings is 2. The van der Waals surface area contributed by atoms with Gasteiger partial charge in [0.2, 0.25) is 10.0 Å². The Morgan fingerprint density at radius 1 is 1.20 bits per heavy atom. The number of sulfonamides is 1. The van der Waals surface area contributed by atoms with Crippen LogP contribution in [0.5, 0.6) is 0 Å². The van der Waals surface area contributed by atoms with Crippen LogP contribution in [0.1, 0.15) is 22.8 Å². The van der Waals surface area contributed by atoms with Crippen LogP contribution in [0.4, 0.5) is 20.2 Å². The molecule has 1 amide bonds. The summed E-state index contributed by atoms with van der Waals surface area (Å²) in [5.74, 6) is -2.16. The van der Waals surface area contributed by atoms with Crippen LogP contribution in [0, 0.1) is 11.6 Å². The molecule has 1 heterocycles. The van der Waals surface area contributed by atoms with E-state index in [0.29, 0.717) is 18.2 Å². The number of amides is 1. The normalized spacial score (nSPS) is 16.6. The molecule has 5 nitrogen and oxygen atoms in total. The van der Waals surface area contributed by atoms with Crippen LogP contribution in [0.2, 0.25) is 0 Å². The predicted molar refractivity (Wildman–Crippen MR) is 91.2 cm³/mol. The highest BCUT2D eigenvalue weighted by Crippen LogP contribution is 2.34. The standard InChI is InChI=1S/C17H16F2N2O3S/c1-10-7-12-8-11(3-6-16(12)21(10)25(2,23)24)17(22)20-15-5-4-13(18)9-14(15)19/h3-6,8-10H,7H2,1-2H3,(H,20,22)/t10-/m1/s1. The first-order chi connectivity index (χ1) is 11.7. The largest absolute Gasteiger partial charge is 0.319 e. The lowest BCUT2D eigenvalue weighted by atomic mass is 10.1. The summed E-state index contributed by atoms with van der Waals surface area (Å²) in [6, 6.07) is 7.27. The SMILES string of the molecule is C[C@@H]1Cc2cc(C(=O)Nc3ccc(F)cc3F)ccc2N1S(C)(=O)=O. The van der Waals surface area contributed by atoms with E-state index in [1.807, 2.05) is 0 Å². The molecule has 0 aliphatic carbocycles. The maximum Gasteiger partial charge on any atom is 0.255 e. The molecule has 0 aromatic heterocycles. The van der Waals surface area contributed by atoms with E-state index in [-0.39, 0.29) is 17.3 Å². The molecule has 0 spiro atoms. The van der Waals surface area contributed by atoms with Crippen molar-refractivity contribution in [1.82, 2.24) is 0 Å². The molecule has 25 heavy (non-hydrogen) atoms. The van der Waals surface area contributed by atoms with Gasteiger partial charge < -0.3 is 5.32 Å². The Morgan fingerprint density at radius 3 is 2.56 bits per heavy atom. The molecule has 2 aromatic rings. The molecular formula is C17H16F2N2O3S. The first kappa shape index (κ1) is 17.3. The number of nitrogens with zero attached hydrogens (tertiary/aromatic N) is 1. The highest BCUT2D eigenvalue weighted by molar-refractivity contribution is 7.92. The Balaban J connectivity index is 1.88. The van der Waals surface area contributed by atoms with Crippen molar-refractivity contribution in [3.05, 3.63) is 59.2 Å². The number of halogens is 2. The van der Waals surface area contributed by atoms with Gasteiger partial charge in [0.1, 0.15) is 11.6 Å². The highest BCUT2D eigenvalue weighted by Gasteiger charge is 2.32. The van der Waals surface area contributed by atoms with Crippen LogP contribution in [0.15, 0.2) is 36.4 Å². The molecule has 0 unspecified atom stereocenters. The molecule has 132 valence electrons. The molecule has 0 radical (unpaired) electrons. The molecule has 3 rings (SSSR count). The zero-order valence-corrected chi connectivity index (χ0v) is 14.4. The Hall–Kier alpha value is -2.48. The number of rotatable bonds is 3. The van der Waals surface area contributed by atoms with E-state index in [4.69, 9.17) is 0 Å². The van der Waals surface area contributed by atoms with Crippen molar-refractivity contribution in [2.75, 3.05) is 15.9 Å². The minimum absolute atomic E-state index is 0.127. The maximum atomic E-state index is 13.7. The number of carbonyl (C=O) groups excluding carboxylic acids is 1. The van der Waals surface area contributed by atoms with Crippen molar-refractivity contribution in [3.63, 3.8) is 0 Å². The second-order valence-electron chi connectivity index (χ2n) is 6.03. The van der Waals surface area contributed by atoms with Gasteiger partial charge >= 0.3 is 0 Å². The van der Waals surface area contributed by atoms with E-state index < -0.39 is 27.6 Å². The number of hydrogen-bond acceptors (Lipinski definition) is 3. The minimum Gasteiger partial charge on any atom is -0.319 e. The molecule has 8 heteroatoms. The third-order valence-corrected chi connectivity index (χ3v) is 5.30. The van der Waals surface area contributed by atoms with Gasteiger partial charge in [-0.25, -0.2) is 17.2 Å². The van der Waals surface area contributed by atoms with Crippen molar-refractivity contribution >= 4 is 27.3 Å². The second-order valence-corrected chi connectivity index (χ2v) is 7.89. The number of nitrogens with one attached hydrogen (secondary N) is 1. The van der Waals surface area contributed by atoms with Gasteiger partial charge in [-0.3, -0.25) is 9.10 Å². The third kappa shape index (κ3) is 3.34. The smallest absolute Gasteiger partial charge is 0.255 e. The fourth-order valence-electron chi connectivity index (χ4n) is 3.03. The lowest BCUT2D eigenvalue weighted by Crippen LogP contribution is -2.34. The van der Waals surface area contributed by atoms with Gasteiger partial charge in [-0.1, -0.05) is 0 Å². The molecule has 0 fully saturated rings. The molecule has 0 saturated carbocycles. The summed E-state index contributed by atoms with van der Waals surface area (Å²) in [5, 5.41) is 2.39. The third-order valence-electron chi connectivity index (χ3n) is 4.03. The Bertz CT molecular complexity index is 960. The zero-order chi connectivity index (χ0) is 18.4. The molecule has 0 saturated heterocycles. The van der Waals surface area contributed by atoms with E-state index in [0.717, 1.165) is 24.0 Å². The van der Waals surface area contributed by atoms with Crippen molar-refractivity contribution < 1.29 is 22.0 Å². The van der Waals surface area contributed by atoms with Crippen LogP contribution in [-0.2, 0) is 16.4 Å². The van der Waals surface area contributed by atoms with Gasteiger partial charge in [-0.2, -0.15) is 0 Å². The lowest BCUT2D eigenvalue weighted by Gasteiger charge is -2.21. The number of hydrogen-bond donors (Lipinski definition) is 1. The first-order valence-corrected chi connectivity index (χ1v) is 9.40. The Morgan fingerprint density at radius 2 is 1.92 bits per heavy atom. The monoisotopic (exact) mass is 366 g/mol. The van der Waals surface area contributed by atoms with Crippen LogP contribution in [0.25, 0.3) is 0 Å². The minimum atomic E-state index is -3.41. The van der Waals surface area contributed by atoms with Crippen LogP contribution < -0.4 is 9.62 Å². The highest BCUT2D eigenvalue weighted by atomic mass is 32.2. The van der Waals surface area contributed by atoms with E-state index in [1.54, 1.807) is 19.1 Å². The number of carbonyl (C=O) groups is 1. The van der Waals surface area contributed by atoms with Gasteiger partial charge in [0.15, 0.2) is 0 Å². The first-order valence-electron chi connectivity index (χ1n) is 7.55.